The molecule has 0 spiro atoms. The summed E-state index contributed by atoms with van der Waals surface area (Å²) in [7, 11) is 0. The van der Waals surface area contributed by atoms with Gasteiger partial charge in [-0.15, -0.1) is 0 Å². The molecular weight excluding hydrogens is 621 g/mol. The molecule has 0 saturated carbocycles. The molecule has 11 aromatic rings. The summed E-state index contributed by atoms with van der Waals surface area (Å²) in [6.45, 7) is 0. The minimum Gasteiger partial charge on any atom is -0.299 e. The maximum absolute atomic E-state index is 5.33. The monoisotopic (exact) mass is 648 g/mol. The van der Waals surface area contributed by atoms with E-state index < -0.39 is 0 Å². The largest absolute Gasteiger partial charge is 0.299 e. The lowest BCUT2D eigenvalue weighted by molar-refractivity contribution is 1.23. The lowest BCUT2D eigenvalue weighted by Crippen LogP contribution is -1.96. The Bertz CT molecular complexity index is 3180. The predicted molar refractivity (Wildman–Crippen MR) is 212 cm³/mol. The molecule has 51 heavy (non-hydrogen) atoms. The smallest absolute Gasteiger partial charge is 0.137 e. The van der Waals surface area contributed by atoms with Crippen LogP contribution in [-0.4, -0.2) is 19.4 Å². The van der Waals surface area contributed by atoms with Crippen LogP contribution in [0.2, 0.25) is 0 Å². The van der Waals surface area contributed by atoms with Gasteiger partial charge in [-0.25, -0.2) is 15.0 Å². The topological polar surface area (TPSA) is 43.1 Å². The summed E-state index contributed by atoms with van der Waals surface area (Å²) in [5.74, 6) is 0. The Morgan fingerprint density at radius 1 is 0.373 bits per heavy atom. The number of nitrogens with zero attached hydrogens (tertiary/aromatic N) is 4. The third kappa shape index (κ3) is 4.23. The van der Waals surface area contributed by atoms with E-state index in [1.54, 1.807) is 0 Å². The second-order valence-corrected chi connectivity index (χ2v) is 13.2. The van der Waals surface area contributed by atoms with Crippen molar-refractivity contribution in [2.24, 2.45) is 0 Å². The molecule has 4 nitrogen and oxygen atoms in total. The highest BCUT2D eigenvalue weighted by Crippen LogP contribution is 2.41. The fourth-order valence-corrected chi connectivity index (χ4v) is 7.96. The highest BCUT2D eigenvalue weighted by atomic mass is 15.0. The SMILES string of the molecule is c1ccc(-c2nc3ccc4cc(-c5ccc6c(c5)c5c7ccccc7ccc5c5nc7ccccn7c65)ccc4c3nc2-c2ccccc2)cc1. The number of pyridine rings is 1. The Labute approximate surface area is 292 Å². The van der Waals surface area contributed by atoms with Gasteiger partial charge >= 0.3 is 0 Å². The van der Waals surface area contributed by atoms with E-state index in [0.29, 0.717) is 0 Å². The molecule has 0 atom stereocenters. The Morgan fingerprint density at radius 2 is 1.04 bits per heavy atom. The fourth-order valence-electron chi connectivity index (χ4n) is 7.96. The predicted octanol–water partition coefficient (Wildman–Crippen LogP) is 12.0. The zero-order valence-electron chi connectivity index (χ0n) is 27.5. The molecular formula is C47H28N4. The van der Waals surface area contributed by atoms with Crippen molar-refractivity contribution < 1.29 is 0 Å². The van der Waals surface area contributed by atoms with Gasteiger partial charge in [-0.3, -0.25) is 4.40 Å². The number of aromatic nitrogens is 4. The van der Waals surface area contributed by atoms with Crippen molar-refractivity contribution in [1.82, 2.24) is 19.4 Å². The molecule has 0 aliphatic carbocycles. The van der Waals surface area contributed by atoms with Crippen LogP contribution in [0.25, 0.3) is 104 Å². The molecule has 0 bridgehead atoms. The second-order valence-electron chi connectivity index (χ2n) is 13.2. The molecule has 3 aromatic heterocycles. The molecule has 3 heterocycles. The molecule has 0 aliphatic rings. The quantitative estimate of drug-likeness (QED) is 0.179. The zero-order valence-corrected chi connectivity index (χ0v) is 27.5. The van der Waals surface area contributed by atoms with E-state index in [-0.39, 0.29) is 0 Å². The van der Waals surface area contributed by atoms with Crippen LogP contribution >= 0.6 is 0 Å². The minimum atomic E-state index is 0.884. The van der Waals surface area contributed by atoms with Gasteiger partial charge in [0.25, 0.3) is 0 Å². The molecule has 0 unspecified atom stereocenters. The van der Waals surface area contributed by atoms with E-state index in [2.05, 4.69) is 162 Å². The molecule has 0 aliphatic heterocycles. The first-order valence-corrected chi connectivity index (χ1v) is 17.3. The number of imidazole rings is 1. The number of benzene rings is 8. The van der Waals surface area contributed by atoms with Crippen molar-refractivity contribution in [2.75, 3.05) is 0 Å². The van der Waals surface area contributed by atoms with Crippen molar-refractivity contribution in [3.63, 3.8) is 0 Å². The van der Waals surface area contributed by atoms with E-state index in [1.165, 1.54) is 37.9 Å². The summed E-state index contributed by atoms with van der Waals surface area (Å²) >= 11 is 0. The Kier molecular flexibility index (Phi) is 5.92. The van der Waals surface area contributed by atoms with Crippen molar-refractivity contribution in [1.29, 1.82) is 0 Å². The van der Waals surface area contributed by atoms with E-state index in [1.807, 2.05) is 12.1 Å². The molecule has 236 valence electrons. The number of hydrogen-bond donors (Lipinski definition) is 0. The van der Waals surface area contributed by atoms with Gasteiger partial charge in [-0.05, 0) is 68.4 Å². The van der Waals surface area contributed by atoms with Crippen molar-refractivity contribution in [3.05, 3.63) is 170 Å². The van der Waals surface area contributed by atoms with Crippen LogP contribution in [0.15, 0.2) is 170 Å². The summed E-state index contributed by atoms with van der Waals surface area (Å²) in [4.78, 5) is 15.7. The van der Waals surface area contributed by atoms with Gasteiger partial charge in [-0.2, -0.15) is 0 Å². The normalized spacial score (nSPS) is 11.9. The molecule has 0 amide bonds. The molecule has 0 radical (unpaired) electrons. The maximum Gasteiger partial charge on any atom is 0.137 e. The highest BCUT2D eigenvalue weighted by Gasteiger charge is 2.18. The summed E-state index contributed by atoms with van der Waals surface area (Å²) in [6, 6.07) is 58.0. The van der Waals surface area contributed by atoms with Gasteiger partial charge in [-0.1, -0.05) is 133 Å². The lowest BCUT2D eigenvalue weighted by atomic mass is 9.92. The fraction of sp³-hybridized carbons (Fsp3) is 0. The van der Waals surface area contributed by atoms with Crippen LogP contribution in [-0.2, 0) is 0 Å². The summed E-state index contributed by atoms with van der Waals surface area (Å²) < 4.78 is 2.22. The zero-order chi connectivity index (χ0) is 33.5. The van der Waals surface area contributed by atoms with Crippen LogP contribution in [0.5, 0.6) is 0 Å². The van der Waals surface area contributed by atoms with Gasteiger partial charge in [0.05, 0.1) is 33.5 Å². The third-order valence-corrected chi connectivity index (χ3v) is 10.3. The molecule has 11 rings (SSSR count). The summed E-state index contributed by atoms with van der Waals surface area (Å²) in [6.07, 6.45) is 2.12. The van der Waals surface area contributed by atoms with Gasteiger partial charge < -0.3 is 0 Å². The molecule has 4 heteroatoms. The van der Waals surface area contributed by atoms with Crippen molar-refractivity contribution in [3.8, 4) is 33.6 Å². The molecule has 0 saturated heterocycles. The highest BCUT2D eigenvalue weighted by molar-refractivity contribution is 6.31. The average Bonchev–Trinajstić information content (AvgIpc) is 3.60. The molecule has 8 aromatic carbocycles. The Hall–Kier alpha value is -6.91. The van der Waals surface area contributed by atoms with Crippen LogP contribution < -0.4 is 0 Å². The number of hydrogen-bond acceptors (Lipinski definition) is 3. The van der Waals surface area contributed by atoms with Crippen molar-refractivity contribution >= 4 is 70.8 Å². The van der Waals surface area contributed by atoms with Crippen molar-refractivity contribution in [2.45, 2.75) is 0 Å². The Balaban J connectivity index is 1.14. The molecule has 0 fully saturated rings. The van der Waals surface area contributed by atoms with Crippen LogP contribution in [0.3, 0.4) is 0 Å². The standard InChI is InChI=1S/C47H28N4/c1-3-12-30(13-4-1)43-44(31-14-5-2-6-15-31)50-45-36-22-19-32(27-34(36)21-25-40(45)48-43)33-20-23-37-39(28-33)42-35-16-8-7-11-29(35)18-24-38(42)46-47(37)51-26-10-9-17-41(51)49-46/h1-28H. The van der Waals surface area contributed by atoms with Crippen LogP contribution in [0.4, 0.5) is 0 Å². The summed E-state index contributed by atoms with van der Waals surface area (Å²) in [5.41, 5.74) is 11.1. The number of fused-ring (bicyclic) bond motifs is 13. The first kappa shape index (κ1) is 28.0. The average molecular weight is 649 g/mol. The van der Waals surface area contributed by atoms with Crippen LogP contribution in [0.1, 0.15) is 0 Å². The first-order chi connectivity index (χ1) is 25.3. The van der Waals surface area contributed by atoms with Gasteiger partial charge in [0, 0.05) is 33.5 Å². The van der Waals surface area contributed by atoms with Gasteiger partial charge in [0.1, 0.15) is 5.65 Å². The first-order valence-electron chi connectivity index (χ1n) is 17.3. The van der Waals surface area contributed by atoms with E-state index in [4.69, 9.17) is 15.0 Å². The minimum absolute atomic E-state index is 0.884. The third-order valence-electron chi connectivity index (χ3n) is 10.3. The molecule has 0 N–H and O–H groups in total. The van der Waals surface area contributed by atoms with E-state index in [9.17, 15) is 0 Å². The van der Waals surface area contributed by atoms with Gasteiger partial charge in [0.2, 0.25) is 0 Å². The summed E-state index contributed by atoms with van der Waals surface area (Å²) in [5, 5.41) is 9.52. The van der Waals surface area contributed by atoms with E-state index >= 15 is 0 Å². The van der Waals surface area contributed by atoms with Crippen LogP contribution in [0, 0.1) is 0 Å². The van der Waals surface area contributed by atoms with Gasteiger partial charge in [0.15, 0.2) is 0 Å². The Morgan fingerprint density at radius 3 is 1.86 bits per heavy atom. The number of rotatable bonds is 3. The second kappa shape index (κ2) is 10.8. The van der Waals surface area contributed by atoms with E-state index in [0.717, 1.165) is 66.6 Å². The lowest BCUT2D eigenvalue weighted by Gasteiger charge is -2.14. The maximum atomic E-state index is 5.33.